The first-order chi connectivity index (χ1) is 16.4. The molecule has 1 aliphatic carbocycles. The molecule has 2 N–H and O–H groups in total. The minimum absolute atomic E-state index is 0.208. The second kappa shape index (κ2) is 9.05. The van der Waals surface area contributed by atoms with Crippen molar-refractivity contribution in [2.75, 3.05) is 5.32 Å². The van der Waals surface area contributed by atoms with E-state index in [2.05, 4.69) is 16.1 Å². The Morgan fingerprint density at radius 1 is 0.853 bits per heavy atom. The third-order valence-corrected chi connectivity index (χ3v) is 8.01. The molecule has 34 heavy (non-hydrogen) atoms. The minimum Gasteiger partial charge on any atom is -0.321 e. The maximum absolute atomic E-state index is 13.5. The average Bonchev–Trinajstić information content (AvgIpc) is 2.84. The summed E-state index contributed by atoms with van der Waals surface area (Å²) in [5.74, 6) is -0.226. The van der Waals surface area contributed by atoms with Crippen molar-refractivity contribution >= 4 is 32.4 Å². The molecule has 1 amide bonds. The second-order valence-corrected chi connectivity index (χ2v) is 10.4. The number of amides is 1. The highest BCUT2D eigenvalue weighted by Gasteiger charge is 2.27. The van der Waals surface area contributed by atoms with Crippen LogP contribution in [0.3, 0.4) is 0 Å². The molecule has 0 aromatic heterocycles. The van der Waals surface area contributed by atoms with Gasteiger partial charge in [-0.25, -0.2) is 13.1 Å². The van der Waals surface area contributed by atoms with Gasteiger partial charge in [0.1, 0.15) is 0 Å². The van der Waals surface area contributed by atoms with Crippen LogP contribution in [-0.2, 0) is 16.4 Å². The summed E-state index contributed by atoms with van der Waals surface area (Å²) < 4.78 is 30.0. The van der Waals surface area contributed by atoms with Crippen molar-refractivity contribution in [3.63, 3.8) is 0 Å². The molecule has 0 saturated heterocycles. The predicted molar refractivity (Wildman–Crippen MR) is 136 cm³/mol. The molecule has 6 heteroatoms. The van der Waals surface area contributed by atoms with E-state index in [4.69, 9.17) is 0 Å². The summed E-state index contributed by atoms with van der Waals surface area (Å²) in [5, 5.41) is 4.21. The molecule has 4 aromatic rings. The van der Waals surface area contributed by atoms with Crippen molar-refractivity contribution in [1.82, 2.24) is 4.72 Å². The van der Waals surface area contributed by atoms with Crippen LogP contribution >= 0.6 is 0 Å². The van der Waals surface area contributed by atoms with E-state index in [1.807, 2.05) is 61.5 Å². The van der Waals surface area contributed by atoms with E-state index in [1.165, 1.54) is 5.56 Å². The monoisotopic (exact) mass is 470 g/mol. The van der Waals surface area contributed by atoms with E-state index in [-0.39, 0.29) is 16.8 Å². The SMILES string of the molecule is Cc1ccccc1C(=O)Nc1ccc(S(=O)(=O)NC2CCCc3ccccc32)c2ccccc12. The van der Waals surface area contributed by atoms with Crippen molar-refractivity contribution in [1.29, 1.82) is 0 Å². The van der Waals surface area contributed by atoms with Gasteiger partial charge in [-0.2, -0.15) is 0 Å². The lowest BCUT2D eigenvalue weighted by atomic mass is 9.88. The van der Waals surface area contributed by atoms with E-state index in [0.29, 0.717) is 22.0 Å². The highest BCUT2D eigenvalue weighted by molar-refractivity contribution is 7.89. The van der Waals surface area contributed by atoms with Crippen LogP contribution in [0.5, 0.6) is 0 Å². The largest absolute Gasteiger partial charge is 0.321 e. The Morgan fingerprint density at radius 2 is 1.56 bits per heavy atom. The van der Waals surface area contributed by atoms with E-state index in [0.717, 1.165) is 30.4 Å². The molecule has 0 fully saturated rings. The van der Waals surface area contributed by atoms with Crippen molar-refractivity contribution in [3.05, 3.63) is 107 Å². The van der Waals surface area contributed by atoms with E-state index < -0.39 is 10.0 Å². The zero-order chi connectivity index (χ0) is 23.7. The van der Waals surface area contributed by atoms with Gasteiger partial charge in [-0.05, 0) is 61.1 Å². The Kier molecular flexibility index (Phi) is 5.94. The number of nitrogens with one attached hydrogen (secondary N) is 2. The van der Waals surface area contributed by atoms with Crippen LogP contribution in [0.1, 0.15) is 45.9 Å². The number of hydrogen-bond donors (Lipinski definition) is 2. The number of aryl methyl sites for hydroxylation is 2. The molecule has 1 aliphatic rings. The van der Waals surface area contributed by atoms with Crippen LogP contribution < -0.4 is 10.0 Å². The molecule has 172 valence electrons. The van der Waals surface area contributed by atoms with Gasteiger partial charge in [-0.1, -0.05) is 66.7 Å². The van der Waals surface area contributed by atoms with Crippen LogP contribution in [0.4, 0.5) is 5.69 Å². The first-order valence-corrected chi connectivity index (χ1v) is 12.9. The molecule has 5 nitrogen and oxygen atoms in total. The van der Waals surface area contributed by atoms with Gasteiger partial charge in [-0.3, -0.25) is 4.79 Å². The first kappa shape index (κ1) is 22.3. The standard InChI is InChI=1S/C28H26N2O3S/c1-19-9-2-4-12-21(19)28(31)29-25-17-18-27(24-15-7-6-14-23(24)25)34(32,33)30-26-16-8-11-20-10-3-5-13-22(20)26/h2-7,9-10,12-15,17-18,26,30H,8,11,16H2,1H3,(H,29,31). The maximum Gasteiger partial charge on any atom is 0.255 e. The molecule has 0 saturated carbocycles. The van der Waals surface area contributed by atoms with Gasteiger partial charge in [0.05, 0.1) is 4.90 Å². The first-order valence-electron chi connectivity index (χ1n) is 11.4. The maximum atomic E-state index is 13.5. The third-order valence-electron chi connectivity index (χ3n) is 6.48. The Balaban J connectivity index is 1.50. The zero-order valence-electron chi connectivity index (χ0n) is 18.9. The molecule has 0 aliphatic heterocycles. The Morgan fingerprint density at radius 3 is 2.38 bits per heavy atom. The molecule has 0 bridgehead atoms. The predicted octanol–water partition coefficient (Wildman–Crippen LogP) is 5.76. The Labute approximate surface area is 199 Å². The molecule has 0 heterocycles. The van der Waals surface area contributed by atoms with Crippen LogP contribution in [0.2, 0.25) is 0 Å². The summed E-state index contributed by atoms with van der Waals surface area (Å²) in [4.78, 5) is 13.1. The normalized spacial score (nSPS) is 15.6. The summed E-state index contributed by atoms with van der Waals surface area (Å²) in [7, 11) is -3.80. The smallest absolute Gasteiger partial charge is 0.255 e. The Bertz CT molecular complexity index is 1490. The van der Waals surface area contributed by atoms with E-state index >= 15 is 0 Å². The zero-order valence-corrected chi connectivity index (χ0v) is 19.7. The molecule has 1 atom stereocenters. The number of fused-ring (bicyclic) bond motifs is 2. The molecular weight excluding hydrogens is 444 g/mol. The summed E-state index contributed by atoms with van der Waals surface area (Å²) in [6.45, 7) is 1.89. The number of carbonyl (C=O) groups excluding carboxylic acids is 1. The van der Waals surface area contributed by atoms with Crippen LogP contribution in [0.15, 0.2) is 89.8 Å². The summed E-state index contributed by atoms with van der Waals surface area (Å²) in [5.41, 5.74) is 4.27. The topological polar surface area (TPSA) is 75.3 Å². The van der Waals surface area contributed by atoms with Crippen LogP contribution in [0.25, 0.3) is 10.8 Å². The lowest BCUT2D eigenvalue weighted by Crippen LogP contribution is -2.31. The summed E-state index contributed by atoms with van der Waals surface area (Å²) in [6, 6.07) is 25.6. The fourth-order valence-corrected chi connectivity index (χ4v) is 6.22. The van der Waals surface area contributed by atoms with Crippen molar-refractivity contribution in [3.8, 4) is 0 Å². The lowest BCUT2D eigenvalue weighted by Gasteiger charge is -2.26. The highest BCUT2D eigenvalue weighted by Crippen LogP contribution is 2.34. The number of sulfonamides is 1. The van der Waals surface area contributed by atoms with Crippen molar-refractivity contribution in [2.45, 2.75) is 37.1 Å². The number of anilines is 1. The highest BCUT2D eigenvalue weighted by atomic mass is 32.2. The minimum atomic E-state index is -3.80. The lowest BCUT2D eigenvalue weighted by molar-refractivity contribution is 0.102. The quantitative estimate of drug-likeness (QED) is 0.390. The third kappa shape index (κ3) is 4.22. The molecule has 1 unspecified atom stereocenters. The summed E-state index contributed by atoms with van der Waals surface area (Å²) >= 11 is 0. The fraction of sp³-hybridized carbons (Fsp3) is 0.179. The van der Waals surface area contributed by atoms with Crippen LogP contribution in [-0.4, -0.2) is 14.3 Å². The van der Waals surface area contributed by atoms with Gasteiger partial charge >= 0.3 is 0 Å². The molecule has 0 radical (unpaired) electrons. The average molecular weight is 471 g/mol. The summed E-state index contributed by atoms with van der Waals surface area (Å²) in [6.07, 6.45) is 2.67. The van der Waals surface area contributed by atoms with Gasteiger partial charge in [0.25, 0.3) is 5.91 Å². The number of hydrogen-bond acceptors (Lipinski definition) is 3. The number of carbonyl (C=O) groups is 1. The van der Waals surface area contributed by atoms with Gasteiger partial charge in [-0.15, -0.1) is 0 Å². The second-order valence-electron chi connectivity index (χ2n) is 8.69. The van der Waals surface area contributed by atoms with E-state index in [9.17, 15) is 13.2 Å². The molecule has 5 rings (SSSR count). The number of rotatable bonds is 5. The molecule has 0 spiro atoms. The molecular formula is C28H26N2O3S. The Hall–Kier alpha value is -3.48. The van der Waals surface area contributed by atoms with Crippen molar-refractivity contribution < 1.29 is 13.2 Å². The van der Waals surface area contributed by atoms with Crippen molar-refractivity contribution in [2.24, 2.45) is 0 Å². The van der Waals surface area contributed by atoms with Crippen LogP contribution in [0, 0.1) is 6.92 Å². The fourth-order valence-electron chi connectivity index (χ4n) is 4.76. The van der Waals surface area contributed by atoms with E-state index in [1.54, 1.807) is 24.3 Å². The molecule has 4 aromatic carbocycles. The number of benzene rings is 4. The van der Waals surface area contributed by atoms with Gasteiger partial charge < -0.3 is 5.32 Å². The van der Waals surface area contributed by atoms with Gasteiger partial charge in [0.2, 0.25) is 10.0 Å². The van der Waals surface area contributed by atoms with Gasteiger partial charge in [0, 0.05) is 28.1 Å². The van der Waals surface area contributed by atoms with Gasteiger partial charge in [0.15, 0.2) is 0 Å².